The number of sulfonamides is 1. The summed E-state index contributed by atoms with van der Waals surface area (Å²) >= 11 is 3.68. The molecular formula is C12H11IN4O2S2. The standard InChI is InChI=1S/C12H11IN4O2S2/c1-21(18,19)15-6-8-3-2-4-9(5-8)11-16-17-10(13)7-14-12(17)20-11/h2-5,7,15H,6H2,1H3. The van der Waals surface area contributed by atoms with Crippen LogP contribution in [0.2, 0.25) is 0 Å². The zero-order valence-electron chi connectivity index (χ0n) is 10.9. The predicted octanol–water partition coefficient (Wildman–Crippen LogP) is 2.11. The Labute approximate surface area is 139 Å². The molecule has 2 aromatic heterocycles. The Morgan fingerprint density at radius 3 is 2.95 bits per heavy atom. The highest BCUT2D eigenvalue weighted by molar-refractivity contribution is 14.1. The second-order valence-corrected chi connectivity index (χ2v) is 8.37. The van der Waals surface area contributed by atoms with E-state index >= 15 is 0 Å². The van der Waals surface area contributed by atoms with E-state index in [9.17, 15) is 8.42 Å². The molecule has 0 radical (unpaired) electrons. The van der Waals surface area contributed by atoms with Gasteiger partial charge in [-0.05, 0) is 34.2 Å². The number of hydrogen-bond donors (Lipinski definition) is 1. The molecule has 3 rings (SSSR count). The first-order chi connectivity index (χ1) is 9.92. The zero-order valence-corrected chi connectivity index (χ0v) is 14.7. The van der Waals surface area contributed by atoms with Crippen molar-refractivity contribution < 1.29 is 8.42 Å². The minimum atomic E-state index is -3.20. The molecule has 0 atom stereocenters. The Balaban J connectivity index is 1.91. The minimum Gasteiger partial charge on any atom is -0.225 e. The summed E-state index contributed by atoms with van der Waals surface area (Å²) < 4.78 is 27.5. The predicted molar refractivity (Wildman–Crippen MR) is 90.7 cm³/mol. The van der Waals surface area contributed by atoms with Gasteiger partial charge in [-0.3, -0.25) is 0 Å². The summed E-state index contributed by atoms with van der Waals surface area (Å²) in [5.41, 5.74) is 1.84. The summed E-state index contributed by atoms with van der Waals surface area (Å²) in [5.74, 6) is 0. The molecule has 0 spiro atoms. The summed E-state index contributed by atoms with van der Waals surface area (Å²) in [5, 5.41) is 5.38. The summed E-state index contributed by atoms with van der Waals surface area (Å²) in [6.45, 7) is 0.271. The van der Waals surface area contributed by atoms with Crippen molar-refractivity contribution >= 4 is 48.9 Å². The maximum atomic E-state index is 11.1. The average molecular weight is 434 g/mol. The lowest BCUT2D eigenvalue weighted by molar-refractivity contribution is 0.587. The van der Waals surface area contributed by atoms with Crippen molar-refractivity contribution in [2.75, 3.05) is 6.26 Å². The fraction of sp³-hybridized carbons (Fsp3) is 0.167. The van der Waals surface area contributed by atoms with Crippen molar-refractivity contribution in [3.05, 3.63) is 39.7 Å². The van der Waals surface area contributed by atoms with Gasteiger partial charge < -0.3 is 0 Å². The van der Waals surface area contributed by atoms with Crippen LogP contribution in [0.1, 0.15) is 5.56 Å². The maximum Gasteiger partial charge on any atom is 0.213 e. The number of benzene rings is 1. The van der Waals surface area contributed by atoms with Crippen molar-refractivity contribution in [3.8, 4) is 10.6 Å². The Morgan fingerprint density at radius 1 is 1.43 bits per heavy atom. The van der Waals surface area contributed by atoms with Gasteiger partial charge >= 0.3 is 0 Å². The van der Waals surface area contributed by atoms with Crippen LogP contribution in [-0.2, 0) is 16.6 Å². The molecule has 0 aliphatic heterocycles. The molecule has 0 saturated carbocycles. The lowest BCUT2D eigenvalue weighted by Gasteiger charge is -2.04. The molecule has 0 aliphatic carbocycles. The van der Waals surface area contributed by atoms with E-state index in [0.717, 1.165) is 31.1 Å². The lowest BCUT2D eigenvalue weighted by atomic mass is 10.1. The molecule has 9 heteroatoms. The molecule has 0 fully saturated rings. The van der Waals surface area contributed by atoms with Crippen LogP contribution in [0.5, 0.6) is 0 Å². The first-order valence-electron chi connectivity index (χ1n) is 5.96. The van der Waals surface area contributed by atoms with Crippen molar-refractivity contribution in [2.24, 2.45) is 0 Å². The van der Waals surface area contributed by atoms with Crippen molar-refractivity contribution in [1.29, 1.82) is 0 Å². The van der Waals surface area contributed by atoms with Crippen LogP contribution in [0.3, 0.4) is 0 Å². The number of halogens is 1. The Kier molecular flexibility index (Phi) is 3.99. The quantitative estimate of drug-likeness (QED) is 0.639. The summed E-state index contributed by atoms with van der Waals surface area (Å²) in [6.07, 6.45) is 2.92. The topological polar surface area (TPSA) is 76.4 Å². The van der Waals surface area contributed by atoms with Gasteiger partial charge in [0.25, 0.3) is 0 Å². The second kappa shape index (κ2) is 5.63. The van der Waals surface area contributed by atoms with Crippen LogP contribution in [0, 0.1) is 3.70 Å². The van der Waals surface area contributed by atoms with E-state index in [0.29, 0.717) is 0 Å². The summed E-state index contributed by atoms with van der Waals surface area (Å²) in [4.78, 5) is 5.12. The van der Waals surface area contributed by atoms with Gasteiger partial charge in [0.1, 0.15) is 8.71 Å². The van der Waals surface area contributed by atoms with Gasteiger partial charge in [-0.1, -0.05) is 29.5 Å². The van der Waals surface area contributed by atoms with Gasteiger partial charge in [0, 0.05) is 12.1 Å². The van der Waals surface area contributed by atoms with Crippen LogP contribution < -0.4 is 4.72 Å². The SMILES string of the molecule is CS(=O)(=O)NCc1cccc(-c2nn3c(I)cnc3s2)c1. The van der Waals surface area contributed by atoms with Gasteiger partial charge in [0.05, 0.1) is 12.5 Å². The van der Waals surface area contributed by atoms with E-state index in [1.165, 1.54) is 11.3 Å². The van der Waals surface area contributed by atoms with Gasteiger partial charge in [-0.15, -0.1) is 0 Å². The van der Waals surface area contributed by atoms with E-state index in [2.05, 4.69) is 37.4 Å². The third-order valence-electron chi connectivity index (χ3n) is 2.76. The van der Waals surface area contributed by atoms with Gasteiger partial charge in [-0.2, -0.15) is 9.61 Å². The third kappa shape index (κ3) is 3.42. The third-order valence-corrected chi connectivity index (χ3v) is 5.13. The Bertz CT molecular complexity index is 901. The molecule has 21 heavy (non-hydrogen) atoms. The Hall–Kier alpha value is -1.04. The number of imidazole rings is 1. The molecule has 0 bridgehead atoms. The molecule has 110 valence electrons. The fourth-order valence-corrected chi connectivity index (χ4v) is 3.75. The minimum absolute atomic E-state index is 0.271. The monoisotopic (exact) mass is 434 g/mol. The van der Waals surface area contributed by atoms with E-state index in [-0.39, 0.29) is 6.54 Å². The highest BCUT2D eigenvalue weighted by atomic mass is 127. The van der Waals surface area contributed by atoms with Crippen LogP contribution in [0.25, 0.3) is 15.5 Å². The normalized spacial score (nSPS) is 12.1. The van der Waals surface area contributed by atoms with Crippen LogP contribution >= 0.6 is 33.9 Å². The molecular weight excluding hydrogens is 423 g/mol. The fourth-order valence-electron chi connectivity index (χ4n) is 1.81. The largest absolute Gasteiger partial charge is 0.225 e. The lowest BCUT2D eigenvalue weighted by Crippen LogP contribution is -2.21. The second-order valence-electron chi connectivity index (χ2n) is 4.48. The zero-order chi connectivity index (χ0) is 15.0. The summed E-state index contributed by atoms with van der Waals surface area (Å²) in [6, 6.07) is 7.66. The van der Waals surface area contributed by atoms with Crippen LogP contribution in [0.4, 0.5) is 0 Å². The van der Waals surface area contributed by atoms with E-state index < -0.39 is 10.0 Å². The number of aromatic nitrogens is 3. The van der Waals surface area contributed by atoms with Gasteiger partial charge in [-0.25, -0.2) is 18.1 Å². The molecule has 3 aromatic rings. The number of fused-ring (bicyclic) bond motifs is 1. The van der Waals surface area contributed by atoms with E-state index in [1.54, 1.807) is 10.7 Å². The number of nitrogens with zero attached hydrogens (tertiary/aromatic N) is 3. The first kappa shape index (κ1) is 14.9. The maximum absolute atomic E-state index is 11.1. The Morgan fingerprint density at radius 2 is 2.24 bits per heavy atom. The van der Waals surface area contributed by atoms with E-state index in [4.69, 9.17) is 0 Å². The molecule has 0 aliphatic rings. The van der Waals surface area contributed by atoms with Crippen LogP contribution in [-0.4, -0.2) is 29.3 Å². The smallest absolute Gasteiger partial charge is 0.213 e. The van der Waals surface area contributed by atoms with Crippen molar-refractivity contribution in [2.45, 2.75) is 6.54 Å². The molecule has 1 N–H and O–H groups in total. The molecule has 0 unspecified atom stereocenters. The van der Waals surface area contributed by atoms with Crippen LogP contribution in [0.15, 0.2) is 30.5 Å². The highest BCUT2D eigenvalue weighted by Gasteiger charge is 2.10. The van der Waals surface area contributed by atoms with Crippen molar-refractivity contribution in [3.63, 3.8) is 0 Å². The molecule has 1 aromatic carbocycles. The molecule has 6 nitrogen and oxygen atoms in total. The molecule has 0 saturated heterocycles. The molecule has 2 heterocycles. The van der Waals surface area contributed by atoms with Crippen molar-refractivity contribution in [1.82, 2.24) is 19.3 Å². The highest BCUT2D eigenvalue weighted by Crippen LogP contribution is 2.27. The summed E-state index contributed by atoms with van der Waals surface area (Å²) in [7, 11) is -3.20. The average Bonchev–Trinajstić information content (AvgIpc) is 2.99. The van der Waals surface area contributed by atoms with Gasteiger partial charge in [0.15, 0.2) is 0 Å². The molecule has 0 amide bonds. The first-order valence-corrected chi connectivity index (χ1v) is 9.75. The van der Waals surface area contributed by atoms with Gasteiger partial charge in [0.2, 0.25) is 15.0 Å². The van der Waals surface area contributed by atoms with E-state index in [1.807, 2.05) is 24.3 Å². The number of hydrogen-bond acceptors (Lipinski definition) is 5. The number of nitrogens with one attached hydrogen (secondary N) is 1. The number of rotatable bonds is 4.